The Morgan fingerprint density at radius 3 is 3.12 bits per heavy atom. The Morgan fingerprint density at radius 2 is 2.38 bits per heavy atom. The van der Waals surface area contributed by atoms with Crippen LogP contribution in [0.5, 0.6) is 0 Å². The maximum Gasteiger partial charge on any atom is 0.241 e. The molecule has 0 saturated heterocycles. The first-order valence-corrected chi connectivity index (χ1v) is 5.56. The summed E-state index contributed by atoms with van der Waals surface area (Å²) < 4.78 is 0. The number of rotatable bonds is 1. The van der Waals surface area contributed by atoms with Crippen LogP contribution < -0.4 is 4.90 Å². The van der Waals surface area contributed by atoms with Gasteiger partial charge in [-0.25, -0.2) is 0 Å². The molecule has 0 fully saturated rings. The van der Waals surface area contributed by atoms with Gasteiger partial charge in [-0.15, -0.1) is 0 Å². The number of fused-ring (bicyclic) bond motifs is 1. The lowest BCUT2D eigenvalue weighted by Crippen LogP contribution is -2.35. The van der Waals surface area contributed by atoms with Gasteiger partial charge in [-0.05, 0) is 36.6 Å². The normalized spacial score (nSPS) is 14.1. The number of carbonyl (C=O) groups excluding carboxylic acids is 1. The average Bonchev–Trinajstić information content (AvgIpc) is 2.28. The van der Waals surface area contributed by atoms with E-state index in [1.54, 1.807) is 11.0 Å². The summed E-state index contributed by atoms with van der Waals surface area (Å²) in [6.45, 7) is 0.690. The first kappa shape index (κ1) is 11.0. The predicted octanol–water partition coefficient (Wildman–Crippen LogP) is 2.53. The molecule has 0 bridgehead atoms. The van der Waals surface area contributed by atoms with Crippen LogP contribution in [0, 0.1) is 11.3 Å². The van der Waals surface area contributed by atoms with Crippen molar-refractivity contribution < 1.29 is 4.79 Å². The molecular formula is C12H11ClN2O. The second-order valence-electron chi connectivity index (χ2n) is 3.76. The van der Waals surface area contributed by atoms with E-state index in [1.807, 2.05) is 18.2 Å². The van der Waals surface area contributed by atoms with E-state index in [0.717, 1.165) is 24.1 Å². The molecule has 1 aliphatic rings. The largest absolute Gasteiger partial charge is 0.311 e. The summed E-state index contributed by atoms with van der Waals surface area (Å²) >= 11 is 5.91. The van der Waals surface area contributed by atoms with E-state index < -0.39 is 0 Å². The molecule has 0 aromatic heterocycles. The standard InChI is InChI=1S/C12H11ClN2O/c13-10-3-4-11-9(8-10)2-1-7-15(11)12(16)5-6-14/h3-4,8H,1-2,5,7H2. The van der Waals surface area contributed by atoms with E-state index in [4.69, 9.17) is 16.9 Å². The SMILES string of the molecule is N#CCC(=O)N1CCCc2cc(Cl)ccc21. The van der Waals surface area contributed by atoms with Crippen LogP contribution >= 0.6 is 11.6 Å². The van der Waals surface area contributed by atoms with E-state index in [2.05, 4.69) is 0 Å². The molecule has 1 aromatic carbocycles. The van der Waals surface area contributed by atoms with Crippen molar-refractivity contribution in [2.75, 3.05) is 11.4 Å². The van der Waals surface area contributed by atoms with E-state index in [-0.39, 0.29) is 12.3 Å². The number of hydrogen-bond donors (Lipinski definition) is 0. The summed E-state index contributed by atoms with van der Waals surface area (Å²) in [6.07, 6.45) is 1.79. The van der Waals surface area contributed by atoms with Gasteiger partial charge < -0.3 is 4.90 Å². The maximum atomic E-state index is 11.7. The van der Waals surface area contributed by atoms with Crippen LogP contribution in [0.15, 0.2) is 18.2 Å². The van der Waals surface area contributed by atoms with Crippen LogP contribution in [0.3, 0.4) is 0 Å². The molecule has 0 atom stereocenters. The number of hydrogen-bond acceptors (Lipinski definition) is 2. The van der Waals surface area contributed by atoms with Crippen LogP contribution in [0.4, 0.5) is 5.69 Å². The summed E-state index contributed by atoms with van der Waals surface area (Å²) in [5, 5.41) is 9.23. The van der Waals surface area contributed by atoms with E-state index >= 15 is 0 Å². The van der Waals surface area contributed by atoms with Gasteiger partial charge in [0.1, 0.15) is 6.42 Å². The minimum atomic E-state index is -0.134. The average molecular weight is 235 g/mol. The monoisotopic (exact) mass is 234 g/mol. The Balaban J connectivity index is 2.34. The Morgan fingerprint density at radius 1 is 1.56 bits per heavy atom. The number of nitrogens with zero attached hydrogens (tertiary/aromatic N) is 2. The summed E-state index contributed by atoms with van der Waals surface area (Å²) in [7, 11) is 0. The van der Waals surface area contributed by atoms with Crippen molar-refractivity contribution in [2.24, 2.45) is 0 Å². The molecule has 0 radical (unpaired) electrons. The van der Waals surface area contributed by atoms with Gasteiger partial charge in [-0.1, -0.05) is 11.6 Å². The van der Waals surface area contributed by atoms with Gasteiger partial charge >= 0.3 is 0 Å². The zero-order chi connectivity index (χ0) is 11.5. The summed E-state index contributed by atoms with van der Waals surface area (Å²) in [5.41, 5.74) is 1.99. The Bertz CT molecular complexity index is 465. The molecule has 0 spiro atoms. The van der Waals surface area contributed by atoms with Crippen molar-refractivity contribution in [3.63, 3.8) is 0 Å². The first-order chi connectivity index (χ1) is 7.72. The number of amides is 1. The minimum absolute atomic E-state index is 0.0674. The van der Waals surface area contributed by atoms with Crippen molar-refractivity contribution in [2.45, 2.75) is 19.3 Å². The number of carbonyl (C=O) groups is 1. The molecule has 1 aliphatic heterocycles. The Kier molecular flexibility index (Phi) is 3.12. The van der Waals surface area contributed by atoms with Gasteiger partial charge in [0.2, 0.25) is 5.91 Å². The number of nitriles is 1. The molecule has 1 heterocycles. The van der Waals surface area contributed by atoms with E-state index in [9.17, 15) is 4.79 Å². The fraction of sp³-hybridized carbons (Fsp3) is 0.333. The van der Waals surface area contributed by atoms with Gasteiger partial charge in [0, 0.05) is 17.3 Å². The van der Waals surface area contributed by atoms with E-state index in [0.29, 0.717) is 11.6 Å². The van der Waals surface area contributed by atoms with Crippen molar-refractivity contribution in [1.82, 2.24) is 0 Å². The molecule has 3 nitrogen and oxygen atoms in total. The summed E-state index contributed by atoms with van der Waals surface area (Å²) in [5.74, 6) is -0.134. The molecule has 1 aromatic rings. The summed E-state index contributed by atoms with van der Waals surface area (Å²) in [4.78, 5) is 13.4. The number of anilines is 1. The van der Waals surface area contributed by atoms with Gasteiger partial charge in [-0.2, -0.15) is 5.26 Å². The maximum absolute atomic E-state index is 11.7. The van der Waals surface area contributed by atoms with E-state index in [1.165, 1.54) is 0 Å². The minimum Gasteiger partial charge on any atom is -0.311 e. The van der Waals surface area contributed by atoms with Gasteiger partial charge in [-0.3, -0.25) is 4.79 Å². The highest BCUT2D eigenvalue weighted by Gasteiger charge is 2.21. The van der Waals surface area contributed by atoms with Crippen LogP contribution in [-0.2, 0) is 11.2 Å². The third kappa shape index (κ3) is 2.02. The van der Waals surface area contributed by atoms with Gasteiger partial charge in [0.05, 0.1) is 6.07 Å². The molecule has 16 heavy (non-hydrogen) atoms. The molecule has 2 rings (SSSR count). The summed E-state index contributed by atoms with van der Waals surface area (Å²) in [6, 6.07) is 7.41. The third-order valence-corrected chi connectivity index (χ3v) is 2.93. The van der Waals surface area contributed by atoms with Crippen molar-refractivity contribution in [3.8, 4) is 6.07 Å². The van der Waals surface area contributed by atoms with Crippen molar-refractivity contribution >= 4 is 23.2 Å². The van der Waals surface area contributed by atoms with Gasteiger partial charge in [0.15, 0.2) is 0 Å². The second-order valence-corrected chi connectivity index (χ2v) is 4.19. The second kappa shape index (κ2) is 4.54. The number of halogens is 1. The molecule has 0 aliphatic carbocycles. The molecule has 0 saturated carbocycles. The molecule has 0 unspecified atom stereocenters. The molecule has 0 N–H and O–H groups in total. The molecule has 82 valence electrons. The third-order valence-electron chi connectivity index (χ3n) is 2.69. The molecule has 4 heteroatoms. The van der Waals surface area contributed by atoms with Crippen LogP contribution in [0.2, 0.25) is 5.02 Å². The highest BCUT2D eigenvalue weighted by Crippen LogP contribution is 2.29. The fourth-order valence-electron chi connectivity index (χ4n) is 1.99. The quantitative estimate of drug-likeness (QED) is 0.750. The van der Waals surface area contributed by atoms with Crippen LogP contribution in [-0.4, -0.2) is 12.5 Å². The highest BCUT2D eigenvalue weighted by atomic mass is 35.5. The molecular weight excluding hydrogens is 224 g/mol. The lowest BCUT2D eigenvalue weighted by atomic mass is 10.0. The topological polar surface area (TPSA) is 44.1 Å². The zero-order valence-corrected chi connectivity index (χ0v) is 9.50. The van der Waals surface area contributed by atoms with Crippen molar-refractivity contribution in [1.29, 1.82) is 5.26 Å². The lowest BCUT2D eigenvalue weighted by molar-refractivity contribution is -0.117. The lowest BCUT2D eigenvalue weighted by Gasteiger charge is -2.29. The number of aryl methyl sites for hydroxylation is 1. The highest BCUT2D eigenvalue weighted by molar-refractivity contribution is 6.30. The van der Waals surface area contributed by atoms with Gasteiger partial charge in [0.25, 0.3) is 0 Å². The predicted molar refractivity (Wildman–Crippen MR) is 62.4 cm³/mol. The fourth-order valence-corrected chi connectivity index (χ4v) is 2.18. The number of benzene rings is 1. The molecule has 1 amide bonds. The Labute approximate surface area is 99.2 Å². The van der Waals surface area contributed by atoms with Crippen molar-refractivity contribution in [3.05, 3.63) is 28.8 Å². The first-order valence-electron chi connectivity index (χ1n) is 5.18. The Hall–Kier alpha value is -1.53. The van der Waals surface area contributed by atoms with Crippen LogP contribution in [0.1, 0.15) is 18.4 Å². The zero-order valence-electron chi connectivity index (χ0n) is 8.74. The smallest absolute Gasteiger partial charge is 0.241 e. The van der Waals surface area contributed by atoms with Crippen LogP contribution in [0.25, 0.3) is 0 Å².